The van der Waals surface area contributed by atoms with E-state index in [4.69, 9.17) is 4.74 Å². The lowest BCUT2D eigenvalue weighted by Gasteiger charge is -2.06. The van der Waals surface area contributed by atoms with Gasteiger partial charge in [0, 0.05) is 30.3 Å². The van der Waals surface area contributed by atoms with Crippen LogP contribution in [-0.2, 0) is 4.74 Å². The molecule has 0 atom stereocenters. The van der Waals surface area contributed by atoms with Crippen LogP contribution in [0.4, 0.5) is 11.6 Å². The Morgan fingerprint density at radius 3 is 2.68 bits per heavy atom. The Morgan fingerprint density at radius 1 is 1.23 bits per heavy atom. The van der Waals surface area contributed by atoms with Crippen LogP contribution in [-0.4, -0.2) is 36.4 Å². The number of nitrogens with one attached hydrogen (secondary N) is 2. The molecular formula is C15H17BrN4O2. The zero-order valence-electron chi connectivity index (χ0n) is 12.2. The van der Waals surface area contributed by atoms with Gasteiger partial charge in [0.15, 0.2) is 5.82 Å². The molecule has 0 aliphatic rings. The minimum absolute atomic E-state index is 0.226. The van der Waals surface area contributed by atoms with E-state index in [1.165, 1.54) is 0 Å². The molecule has 0 aliphatic carbocycles. The summed E-state index contributed by atoms with van der Waals surface area (Å²) in [6.45, 7) is 1.45. The second kappa shape index (κ2) is 8.45. The monoisotopic (exact) mass is 364 g/mol. The molecule has 6 nitrogen and oxygen atoms in total. The van der Waals surface area contributed by atoms with Crippen LogP contribution in [0, 0.1) is 0 Å². The first-order valence-corrected chi connectivity index (χ1v) is 7.62. The van der Waals surface area contributed by atoms with Gasteiger partial charge < -0.3 is 15.4 Å². The average molecular weight is 365 g/mol. The van der Waals surface area contributed by atoms with E-state index in [1.54, 1.807) is 37.4 Å². The van der Waals surface area contributed by atoms with Gasteiger partial charge in [-0.1, -0.05) is 22.0 Å². The standard InChI is InChI=1S/C15H17BrN4O2/c1-22-9-3-8-17-13-6-7-14(20-19-13)18-15(21)11-4-2-5-12(16)10-11/h2,4-7,10H,3,8-9H2,1H3,(H,17,19)(H,18,20,21). The van der Waals surface area contributed by atoms with Crippen molar-refractivity contribution in [1.29, 1.82) is 0 Å². The van der Waals surface area contributed by atoms with Crippen molar-refractivity contribution in [2.75, 3.05) is 30.9 Å². The zero-order chi connectivity index (χ0) is 15.8. The van der Waals surface area contributed by atoms with Gasteiger partial charge in [0.25, 0.3) is 5.91 Å². The summed E-state index contributed by atoms with van der Waals surface area (Å²) in [4.78, 5) is 12.1. The van der Waals surface area contributed by atoms with E-state index < -0.39 is 0 Å². The van der Waals surface area contributed by atoms with Crippen molar-refractivity contribution < 1.29 is 9.53 Å². The van der Waals surface area contributed by atoms with Crippen LogP contribution >= 0.6 is 15.9 Å². The number of hydrogen-bond donors (Lipinski definition) is 2. The van der Waals surface area contributed by atoms with Gasteiger partial charge in [0.2, 0.25) is 0 Å². The number of rotatable bonds is 7. The van der Waals surface area contributed by atoms with Crippen LogP contribution in [0.2, 0.25) is 0 Å². The Balaban J connectivity index is 1.89. The van der Waals surface area contributed by atoms with Crippen molar-refractivity contribution in [1.82, 2.24) is 10.2 Å². The molecule has 116 valence electrons. The van der Waals surface area contributed by atoms with Gasteiger partial charge in [0.1, 0.15) is 5.82 Å². The van der Waals surface area contributed by atoms with E-state index in [-0.39, 0.29) is 5.91 Å². The predicted molar refractivity (Wildman–Crippen MR) is 89.1 cm³/mol. The van der Waals surface area contributed by atoms with E-state index in [2.05, 4.69) is 36.8 Å². The minimum atomic E-state index is -0.226. The maximum absolute atomic E-state index is 12.1. The van der Waals surface area contributed by atoms with E-state index >= 15 is 0 Å². The third-order valence-corrected chi connectivity index (χ3v) is 3.32. The van der Waals surface area contributed by atoms with Gasteiger partial charge in [-0.15, -0.1) is 10.2 Å². The second-order valence-electron chi connectivity index (χ2n) is 4.54. The Morgan fingerprint density at radius 2 is 2.00 bits per heavy atom. The van der Waals surface area contributed by atoms with Crippen LogP contribution in [0.1, 0.15) is 16.8 Å². The molecule has 0 saturated heterocycles. The summed E-state index contributed by atoms with van der Waals surface area (Å²) in [5.74, 6) is 0.848. The Hall–Kier alpha value is -1.99. The molecule has 22 heavy (non-hydrogen) atoms. The molecule has 0 radical (unpaired) electrons. The fourth-order valence-electron chi connectivity index (χ4n) is 1.74. The van der Waals surface area contributed by atoms with Crippen molar-refractivity contribution in [3.05, 3.63) is 46.4 Å². The molecule has 0 bridgehead atoms. The third kappa shape index (κ3) is 5.09. The number of nitrogens with zero attached hydrogens (tertiary/aromatic N) is 2. The van der Waals surface area contributed by atoms with Crippen molar-refractivity contribution in [3.63, 3.8) is 0 Å². The molecule has 0 unspecified atom stereocenters. The highest BCUT2D eigenvalue weighted by Crippen LogP contribution is 2.13. The summed E-state index contributed by atoms with van der Waals surface area (Å²) in [5.41, 5.74) is 0.554. The van der Waals surface area contributed by atoms with Gasteiger partial charge in [-0.05, 0) is 36.8 Å². The second-order valence-corrected chi connectivity index (χ2v) is 5.46. The summed E-state index contributed by atoms with van der Waals surface area (Å²) in [5, 5.41) is 13.8. The molecule has 0 fully saturated rings. The highest BCUT2D eigenvalue weighted by molar-refractivity contribution is 9.10. The smallest absolute Gasteiger partial charge is 0.256 e. The molecular weight excluding hydrogens is 348 g/mol. The van der Waals surface area contributed by atoms with Crippen LogP contribution in [0.5, 0.6) is 0 Å². The number of aromatic nitrogens is 2. The van der Waals surface area contributed by atoms with Crippen molar-refractivity contribution in [2.45, 2.75) is 6.42 Å². The molecule has 0 saturated carbocycles. The first kappa shape index (κ1) is 16.4. The quantitative estimate of drug-likeness (QED) is 0.738. The number of ether oxygens (including phenoxy) is 1. The highest BCUT2D eigenvalue weighted by Gasteiger charge is 2.07. The molecule has 2 aromatic rings. The molecule has 1 aromatic carbocycles. The molecule has 7 heteroatoms. The lowest BCUT2D eigenvalue weighted by molar-refractivity contribution is 0.102. The fourth-order valence-corrected chi connectivity index (χ4v) is 2.14. The molecule has 0 spiro atoms. The van der Waals surface area contributed by atoms with Crippen molar-refractivity contribution >= 4 is 33.5 Å². The molecule has 1 amide bonds. The molecule has 1 heterocycles. The summed E-state index contributed by atoms with van der Waals surface area (Å²) in [6.07, 6.45) is 0.888. The van der Waals surface area contributed by atoms with Gasteiger partial charge in [-0.2, -0.15) is 0 Å². The highest BCUT2D eigenvalue weighted by atomic mass is 79.9. The lowest BCUT2D eigenvalue weighted by Crippen LogP contribution is -2.14. The number of methoxy groups -OCH3 is 1. The van der Waals surface area contributed by atoms with E-state index in [0.29, 0.717) is 23.8 Å². The van der Waals surface area contributed by atoms with Crippen LogP contribution in [0.3, 0.4) is 0 Å². The normalized spacial score (nSPS) is 10.3. The summed E-state index contributed by atoms with van der Waals surface area (Å²) in [6, 6.07) is 10.6. The summed E-state index contributed by atoms with van der Waals surface area (Å²) in [7, 11) is 1.67. The van der Waals surface area contributed by atoms with E-state index in [1.807, 2.05) is 6.07 Å². The Bertz CT molecular complexity index is 619. The van der Waals surface area contributed by atoms with Crippen LogP contribution < -0.4 is 10.6 Å². The van der Waals surface area contributed by atoms with E-state index in [0.717, 1.165) is 17.4 Å². The SMILES string of the molecule is COCCCNc1ccc(NC(=O)c2cccc(Br)c2)nn1. The molecule has 2 N–H and O–H groups in total. The number of halogens is 1. The van der Waals surface area contributed by atoms with E-state index in [9.17, 15) is 4.79 Å². The minimum Gasteiger partial charge on any atom is -0.385 e. The maximum atomic E-state index is 12.1. The molecule has 0 aliphatic heterocycles. The largest absolute Gasteiger partial charge is 0.385 e. The van der Waals surface area contributed by atoms with Crippen molar-refractivity contribution in [3.8, 4) is 0 Å². The average Bonchev–Trinajstić information content (AvgIpc) is 2.53. The van der Waals surface area contributed by atoms with Gasteiger partial charge in [-0.3, -0.25) is 4.79 Å². The predicted octanol–water partition coefficient (Wildman–Crippen LogP) is 2.94. The number of amides is 1. The Labute approximate surface area is 137 Å². The number of hydrogen-bond acceptors (Lipinski definition) is 5. The van der Waals surface area contributed by atoms with Gasteiger partial charge >= 0.3 is 0 Å². The van der Waals surface area contributed by atoms with Crippen molar-refractivity contribution in [2.24, 2.45) is 0 Å². The Kier molecular flexibility index (Phi) is 6.29. The number of carbonyl (C=O) groups excluding carboxylic acids is 1. The molecule has 2 rings (SSSR count). The molecule has 1 aromatic heterocycles. The summed E-state index contributed by atoms with van der Waals surface area (Å²) >= 11 is 3.34. The fraction of sp³-hybridized carbons (Fsp3) is 0.267. The van der Waals surface area contributed by atoms with Crippen LogP contribution in [0.15, 0.2) is 40.9 Å². The topological polar surface area (TPSA) is 76.1 Å². The number of benzene rings is 1. The maximum Gasteiger partial charge on any atom is 0.256 e. The first-order chi connectivity index (χ1) is 10.7. The first-order valence-electron chi connectivity index (χ1n) is 6.82. The number of anilines is 2. The third-order valence-electron chi connectivity index (χ3n) is 2.82. The summed E-state index contributed by atoms with van der Waals surface area (Å²) < 4.78 is 5.82. The van der Waals surface area contributed by atoms with Gasteiger partial charge in [0.05, 0.1) is 0 Å². The number of carbonyl (C=O) groups is 1. The lowest BCUT2D eigenvalue weighted by atomic mass is 10.2. The zero-order valence-corrected chi connectivity index (χ0v) is 13.8. The van der Waals surface area contributed by atoms with Gasteiger partial charge in [-0.25, -0.2) is 0 Å². The van der Waals surface area contributed by atoms with Crippen LogP contribution in [0.25, 0.3) is 0 Å².